The first-order chi connectivity index (χ1) is 7.04. The van der Waals surface area contributed by atoms with E-state index in [-0.39, 0.29) is 5.60 Å². The first-order valence-electron chi connectivity index (χ1n) is 6.39. The molecule has 86 valence electrons. The molecule has 2 bridgehead atoms. The predicted molar refractivity (Wildman–Crippen MR) is 63.8 cm³/mol. The third kappa shape index (κ3) is 1.99. The second kappa shape index (κ2) is 3.93. The molecule has 2 rings (SSSR count). The Morgan fingerprint density at radius 3 is 2.87 bits per heavy atom. The van der Waals surface area contributed by atoms with Crippen LogP contribution in [0.2, 0.25) is 0 Å². The largest absolute Gasteiger partial charge is 0.371 e. The summed E-state index contributed by atoms with van der Waals surface area (Å²) in [6.07, 6.45) is 7.93. The number of allylic oxidation sites excluding steroid dienone is 1. The zero-order valence-electron chi connectivity index (χ0n) is 10.5. The van der Waals surface area contributed by atoms with Gasteiger partial charge in [-0.3, -0.25) is 0 Å². The third-order valence-corrected chi connectivity index (χ3v) is 4.31. The molecule has 1 aliphatic heterocycles. The van der Waals surface area contributed by atoms with Crippen molar-refractivity contribution < 1.29 is 4.74 Å². The van der Waals surface area contributed by atoms with E-state index in [9.17, 15) is 0 Å². The Labute approximate surface area is 93.9 Å². The Bertz CT molecular complexity index is 265. The summed E-state index contributed by atoms with van der Waals surface area (Å²) >= 11 is 0. The van der Waals surface area contributed by atoms with Crippen LogP contribution in [0.25, 0.3) is 0 Å². The van der Waals surface area contributed by atoms with E-state index in [1.165, 1.54) is 25.7 Å². The van der Waals surface area contributed by atoms with Crippen LogP contribution in [0.1, 0.15) is 53.4 Å². The maximum absolute atomic E-state index is 6.31. The van der Waals surface area contributed by atoms with Gasteiger partial charge >= 0.3 is 0 Å². The van der Waals surface area contributed by atoms with Gasteiger partial charge in [0.15, 0.2) is 0 Å². The smallest absolute Gasteiger partial charge is 0.0661 e. The highest BCUT2D eigenvalue weighted by Gasteiger charge is 2.44. The fourth-order valence-corrected chi connectivity index (χ4v) is 3.19. The van der Waals surface area contributed by atoms with Crippen molar-refractivity contribution in [2.24, 2.45) is 11.8 Å². The zero-order chi connectivity index (χ0) is 11.1. The van der Waals surface area contributed by atoms with Crippen LogP contribution in [0.15, 0.2) is 11.6 Å². The van der Waals surface area contributed by atoms with Crippen molar-refractivity contribution in [3.63, 3.8) is 0 Å². The Morgan fingerprint density at radius 1 is 1.47 bits per heavy atom. The van der Waals surface area contributed by atoms with Crippen molar-refractivity contribution in [2.75, 3.05) is 0 Å². The predicted octanol–water partition coefficient (Wildman–Crippen LogP) is 3.94. The summed E-state index contributed by atoms with van der Waals surface area (Å²) in [5.41, 5.74) is 1.66. The minimum Gasteiger partial charge on any atom is -0.371 e. The molecule has 0 spiro atoms. The van der Waals surface area contributed by atoms with Crippen molar-refractivity contribution in [1.82, 2.24) is 0 Å². The van der Waals surface area contributed by atoms with E-state index in [0.717, 1.165) is 5.92 Å². The van der Waals surface area contributed by atoms with E-state index in [1.807, 2.05) is 0 Å². The van der Waals surface area contributed by atoms with Gasteiger partial charge in [-0.2, -0.15) is 0 Å². The van der Waals surface area contributed by atoms with Crippen molar-refractivity contribution in [1.29, 1.82) is 0 Å². The van der Waals surface area contributed by atoms with Gasteiger partial charge in [-0.15, -0.1) is 0 Å². The minimum absolute atomic E-state index is 0.0908. The van der Waals surface area contributed by atoms with Gasteiger partial charge < -0.3 is 4.74 Å². The van der Waals surface area contributed by atoms with Crippen molar-refractivity contribution in [3.05, 3.63) is 11.6 Å². The average Bonchev–Trinajstić information content (AvgIpc) is 2.16. The molecule has 0 aromatic rings. The molecule has 3 atom stereocenters. The van der Waals surface area contributed by atoms with Crippen LogP contribution in [0.3, 0.4) is 0 Å². The van der Waals surface area contributed by atoms with Gasteiger partial charge in [-0.05, 0) is 46.0 Å². The lowest BCUT2D eigenvalue weighted by atomic mass is 9.69. The summed E-state index contributed by atoms with van der Waals surface area (Å²) in [6.45, 7) is 9.08. The van der Waals surface area contributed by atoms with Gasteiger partial charge in [0, 0.05) is 5.92 Å². The lowest BCUT2D eigenvalue weighted by Crippen LogP contribution is -2.49. The Morgan fingerprint density at radius 2 is 2.20 bits per heavy atom. The Kier molecular flexibility index (Phi) is 2.94. The summed E-state index contributed by atoms with van der Waals surface area (Å²) in [4.78, 5) is 0. The van der Waals surface area contributed by atoms with Crippen LogP contribution in [0.4, 0.5) is 0 Å². The fourth-order valence-electron chi connectivity index (χ4n) is 3.19. The van der Waals surface area contributed by atoms with Gasteiger partial charge in [-0.25, -0.2) is 0 Å². The number of hydrogen-bond acceptors (Lipinski definition) is 1. The van der Waals surface area contributed by atoms with Crippen LogP contribution in [-0.4, -0.2) is 11.7 Å². The van der Waals surface area contributed by atoms with E-state index >= 15 is 0 Å². The highest BCUT2D eigenvalue weighted by atomic mass is 16.5. The molecule has 0 aromatic heterocycles. The molecular weight excluding hydrogens is 184 g/mol. The summed E-state index contributed by atoms with van der Waals surface area (Å²) in [7, 11) is 0. The number of ether oxygens (including phenoxy) is 1. The highest BCUT2D eigenvalue weighted by Crippen LogP contribution is 2.46. The van der Waals surface area contributed by atoms with E-state index in [2.05, 4.69) is 33.8 Å². The van der Waals surface area contributed by atoms with Crippen LogP contribution in [-0.2, 0) is 4.74 Å². The molecule has 1 fully saturated rings. The lowest BCUT2D eigenvalue weighted by molar-refractivity contribution is -0.165. The lowest BCUT2D eigenvalue weighted by Gasteiger charge is -2.49. The minimum atomic E-state index is 0.0908. The number of fused-ring (bicyclic) bond motifs is 2. The highest BCUT2D eigenvalue weighted by molar-refractivity contribution is 5.14. The van der Waals surface area contributed by atoms with Crippen molar-refractivity contribution in [2.45, 2.75) is 65.1 Å². The zero-order valence-corrected chi connectivity index (χ0v) is 10.5. The molecule has 1 saturated heterocycles. The van der Waals surface area contributed by atoms with Crippen LogP contribution in [0.5, 0.6) is 0 Å². The summed E-state index contributed by atoms with van der Waals surface area (Å²) in [6, 6.07) is 0. The molecule has 0 N–H and O–H groups in total. The summed E-state index contributed by atoms with van der Waals surface area (Å²) < 4.78 is 6.31. The second-order valence-corrected chi connectivity index (χ2v) is 5.77. The molecular formula is C14H24O. The van der Waals surface area contributed by atoms with E-state index < -0.39 is 0 Å². The van der Waals surface area contributed by atoms with E-state index in [4.69, 9.17) is 4.74 Å². The molecule has 0 amide bonds. The Hall–Kier alpha value is -0.300. The Balaban J connectivity index is 2.20. The van der Waals surface area contributed by atoms with E-state index in [0.29, 0.717) is 12.0 Å². The summed E-state index contributed by atoms with van der Waals surface area (Å²) in [5, 5.41) is 0. The SMILES string of the molecule is CCC[C@@H]1OC(C)(C)[C@@H]2CC=C(C)[C@@H]1C2. The standard InChI is InChI=1S/C14H24O/c1-5-6-13-12-9-11(8-7-10(12)2)14(3,4)15-13/h7,11-13H,5-6,8-9H2,1-4H3/t11-,12+,13+/m1/s1. The molecule has 1 heteroatoms. The quantitative estimate of drug-likeness (QED) is 0.625. The van der Waals surface area contributed by atoms with Gasteiger partial charge in [0.2, 0.25) is 0 Å². The molecule has 0 unspecified atom stereocenters. The third-order valence-electron chi connectivity index (χ3n) is 4.31. The molecule has 2 aliphatic rings. The maximum atomic E-state index is 6.31. The normalized spacial score (nSPS) is 38.7. The molecule has 1 nitrogen and oxygen atoms in total. The molecule has 1 heterocycles. The van der Waals surface area contributed by atoms with E-state index in [1.54, 1.807) is 5.57 Å². The molecule has 0 aromatic carbocycles. The summed E-state index contributed by atoms with van der Waals surface area (Å²) in [5.74, 6) is 1.44. The van der Waals surface area contributed by atoms with Crippen LogP contribution >= 0.6 is 0 Å². The van der Waals surface area contributed by atoms with Gasteiger partial charge in [-0.1, -0.05) is 25.0 Å². The molecule has 0 radical (unpaired) electrons. The monoisotopic (exact) mass is 208 g/mol. The first-order valence-corrected chi connectivity index (χ1v) is 6.39. The fraction of sp³-hybridized carbons (Fsp3) is 0.857. The number of rotatable bonds is 2. The number of hydrogen-bond donors (Lipinski definition) is 0. The van der Waals surface area contributed by atoms with Gasteiger partial charge in [0.1, 0.15) is 0 Å². The average molecular weight is 208 g/mol. The maximum Gasteiger partial charge on any atom is 0.0661 e. The van der Waals surface area contributed by atoms with Crippen LogP contribution < -0.4 is 0 Å². The molecule has 15 heavy (non-hydrogen) atoms. The topological polar surface area (TPSA) is 9.23 Å². The first kappa shape index (κ1) is 11.2. The van der Waals surface area contributed by atoms with Gasteiger partial charge in [0.25, 0.3) is 0 Å². The van der Waals surface area contributed by atoms with Gasteiger partial charge in [0.05, 0.1) is 11.7 Å². The second-order valence-electron chi connectivity index (χ2n) is 5.77. The molecule has 0 saturated carbocycles. The molecule has 1 aliphatic carbocycles. The van der Waals surface area contributed by atoms with Crippen molar-refractivity contribution >= 4 is 0 Å². The van der Waals surface area contributed by atoms with Crippen LogP contribution in [0, 0.1) is 11.8 Å². The van der Waals surface area contributed by atoms with Crippen molar-refractivity contribution in [3.8, 4) is 0 Å².